The van der Waals surface area contributed by atoms with Crippen LogP contribution in [0.2, 0.25) is 0 Å². The quantitative estimate of drug-likeness (QED) is 0.336. The molecule has 0 aliphatic rings. The van der Waals surface area contributed by atoms with Gasteiger partial charge in [-0.1, -0.05) is 30.3 Å². The molecule has 0 aliphatic carbocycles. The number of anilines is 1. The molecule has 1 unspecified atom stereocenters. The first-order valence-corrected chi connectivity index (χ1v) is 9.67. The number of rotatable bonds is 7. The summed E-state index contributed by atoms with van der Waals surface area (Å²) in [6, 6.07) is 16.8. The van der Waals surface area contributed by atoms with Crippen molar-refractivity contribution in [2.24, 2.45) is 0 Å². The fourth-order valence-corrected chi connectivity index (χ4v) is 2.95. The number of nitrogens with one attached hydrogen (secondary N) is 1. The van der Waals surface area contributed by atoms with Gasteiger partial charge in [0.1, 0.15) is 11.4 Å². The number of nitro groups is 1. The molecule has 1 atom stereocenters. The zero-order valence-corrected chi connectivity index (χ0v) is 17.7. The number of carbonyl (C=O) groups is 2. The fraction of sp³-hybridized carbons (Fsp3) is 0.174. The molecule has 2 aromatic carbocycles. The Bertz CT molecular complexity index is 1160. The topological polar surface area (TPSA) is 121 Å². The second-order valence-corrected chi connectivity index (χ2v) is 6.87. The molecule has 0 spiro atoms. The van der Waals surface area contributed by atoms with E-state index in [1.807, 2.05) is 30.3 Å². The summed E-state index contributed by atoms with van der Waals surface area (Å²) >= 11 is 0. The van der Waals surface area contributed by atoms with Gasteiger partial charge in [0, 0.05) is 5.56 Å². The van der Waals surface area contributed by atoms with E-state index in [1.165, 1.54) is 32.2 Å². The molecular formula is C23H21N3O6. The van der Waals surface area contributed by atoms with Gasteiger partial charge in [-0.25, -0.2) is 4.79 Å². The third-order valence-corrected chi connectivity index (χ3v) is 4.69. The van der Waals surface area contributed by atoms with Crippen LogP contribution in [0.1, 0.15) is 23.0 Å². The zero-order valence-electron chi connectivity index (χ0n) is 17.7. The number of benzene rings is 2. The van der Waals surface area contributed by atoms with E-state index in [0.717, 1.165) is 5.56 Å². The summed E-state index contributed by atoms with van der Waals surface area (Å²) < 4.78 is 10.2. The Kier molecular flexibility index (Phi) is 6.79. The Hall–Kier alpha value is -4.27. The second-order valence-electron chi connectivity index (χ2n) is 6.87. The predicted octanol–water partition coefficient (Wildman–Crippen LogP) is 4.16. The van der Waals surface area contributed by atoms with Crippen LogP contribution in [-0.2, 0) is 9.53 Å². The van der Waals surface area contributed by atoms with Crippen molar-refractivity contribution < 1.29 is 24.0 Å². The van der Waals surface area contributed by atoms with Gasteiger partial charge >= 0.3 is 5.97 Å². The summed E-state index contributed by atoms with van der Waals surface area (Å²) in [6.07, 6.45) is -1.20. The second kappa shape index (κ2) is 9.69. The minimum atomic E-state index is -1.20. The van der Waals surface area contributed by atoms with Crippen LogP contribution in [0.15, 0.2) is 60.7 Å². The number of amides is 1. The normalized spacial score (nSPS) is 11.3. The molecule has 0 fully saturated rings. The molecule has 1 N–H and O–H groups in total. The molecule has 164 valence electrons. The minimum Gasteiger partial charge on any atom is -0.496 e. The highest BCUT2D eigenvalue weighted by Crippen LogP contribution is 2.29. The summed E-state index contributed by atoms with van der Waals surface area (Å²) in [5, 5.41) is 13.7. The van der Waals surface area contributed by atoms with Crippen LogP contribution in [0.5, 0.6) is 5.75 Å². The lowest BCUT2D eigenvalue weighted by atomic mass is 10.1. The number of hydrogen-bond acceptors (Lipinski definition) is 7. The minimum absolute atomic E-state index is 0.0336. The number of nitro benzene ring substituents is 1. The Morgan fingerprint density at radius 3 is 2.44 bits per heavy atom. The number of hydrogen-bond donors (Lipinski definition) is 1. The van der Waals surface area contributed by atoms with Gasteiger partial charge < -0.3 is 14.8 Å². The molecule has 0 aliphatic heterocycles. The van der Waals surface area contributed by atoms with E-state index in [9.17, 15) is 19.7 Å². The van der Waals surface area contributed by atoms with Crippen molar-refractivity contribution in [3.05, 3.63) is 82.0 Å². The summed E-state index contributed by atoms with van der Waals surface area (Å²) in [5.74, 6) is -1.16. The summed E-state index contributed by atoms with van der Waals surface area (Å²) in [5.41, 5.74) is 1.91. The van der Waals surface area contributed by atoms with Crippen LogP contribution < -0.4 is 10.1 Å². The van der Waals surface area contributed by atoms with E-state index in [-0.39, 0.29) is 22.7 Å². The number of ether oxygens (including phenoxy) is 2. The van der Waals surface area contributed by atoms with Gasteiger partial charge in [-0.3, -0.25) is 19.9 Å². The SMILES string of the molecule is COc1ccc(NC(=O)C(C)OC(=O)c2ccc(-c3ccccc3)nc2C)c([N+](=O)[O-])c1. The monoisotopic (exact) mass is 435 g/mol. The molecule has 9 heteroatoms. The van der Waals surface area contributed by atoms with E-state index in [0.29, 0.717) is 11.4 Å². The van der Waals surface area contributed by atoms with E-state index < -0.39 is 22.9 Å². The van der Waals surface area contributed by atoms with Crippen LogP contribution in [-0.4, -0.2) is 35.0 Å². The largest absolute Gasteiger partial charge is 0.496 e. The number of pyridine rings is 1. The van der Waals surface area contributed by atoms with Gasteiger partial charge in [-0.15, -0.1) is 0 Å². The van der Waals surface area contributed by atoms with Crippen molar-refractivity contribution in [1.82, 2.24) is 4.98 Å². The lowest BCUT2D eigenvalue weighted by Gasteiger charge is -2.15. The highest BCUT2D eigenvalue weighted by Gasteiger charge is 2.24. The molecule has 1 amide bonds. The Morgan fingerprint density at radius 2 is 1.81 bits per heavy atom. The molecule has 0 radical (unpaired) electrons. The first kappa shape index (κ1) is 22.4. The average molecular weight is 435 g/mol. The van der Waals surface area contributed by atoms with Gasteiger partial charge in [0.2, 0.25) is 0 Å². The highest BCUT2D eigenvalue weighted by molar-refractivity contribution is 5.99. The van der Waals surface area contributed by atoms with Crippen molar-refractivity contribution in [2.75, 3.05) is 12.4 Å². The number of methoxy groups -OCH3 is 1. The number of carbonyl (C=O) groups excluding carboxylic acids is 2. The molecular weight excluding hydrogens is 414 g/mol. The third-order valence-electron chi connectivity index (χ3n) is 4.69. The number of aromatic nitrogens is 1. The summed E-state index contributed by atoms with van der Waals surface area (Å²) in [4.78, 5) is 40.1. The molecule has 3 rings (SSSR count). The van der Waals surface area contributed by atoms with Gasteiger partial charge in [-0.05, 0) is 38.1 Å². The number of esters is 1. The van der Waals surface area contributed by atoms with Crippen LogP contribution in [0.3, 0.4) is 0 Å². The lowest BCUT2D eigenvalue weighted by Crippen LogP contribution is -2.30. The highest BCUT2D eigenvalue weighted by atomic mass is 16.6. The van der Waals surface area contributed by atoms with Crippen molar-refractivity contribution in [3.63, 3.8) is 0 Å². The lowest BCUT2D eigenvalue weighted by molar-refractivity contribution is -0.384. The van der Waals surface area contributed by atoms with Crippen LogP contribution in [0.4, 0.5) is 11.4 Å². The molecule has 0 bridgehead atoms. The average Bonchev–Trinajstić information content (AvgIpc) is 2.79. The number of nitrogens with zero attached hydrogens (tertiary/aromatic N) is 2. The van der Waals surface area contributed by atoms with Crippen molar-refractivity contribution >= 4 is 23.3 Å². The molecule has 0 saturated heterocycles. The Balaban J connectivity index is 1.71. The Morgan fingerprint density at radius 1 is 1.09 bits per heavy atom. The predicted molar refractivity (Wildman–Crippen MR) is 118 cm³/mol. The van der Waals surface area contributed by atoms with Gasteiger partial charge in [0.25, 0.3) is 11.6 Å². The maximum Gasteiger partial charge on any atom is 0.340 e. The van der Waals surface area contributed by atoms with E-state index in [4.69, 9.17) is 9.47 Å². The van der Waals surface area contributed by atoms with E-state index in [2.05, 4.69) is 10.3 Å². The van der Waals surface area contributed by atoms with Crippen LogP contribution in [0.25, 0.3) is 11.3 Å². The first-order valence-electron chi connectivity index (χ1n) is 9.67. The van der Waals surface area contributed by atoms with Gasteiger partial charge in [-0.2, -0.15) is 0 Å². The van der Waals surface area contributed by atoms with Crippen LogP contribution >= 0.6 is 0 Å². The number of aryl methyl sites for hydroxylation is 1. The van der Waals surface area contributed by atoms with E-state index >= 15 is 0 Å². The van der Waals surface area contributed by atoms with Gasteiger partial charge in [0.05, 0.1) is 35.1 Å². The first-order chi connectivity index (χ1) is 15.3. The Labute approximate surface area is 184 Å². The molecule has 9 nitrogen and oxygen atoms in total. The standard InChI is InChI=1S/C23H21N3O6/c1-14-18(10-12-19(24-14)16-7-5-4-6-8-16)23(28)32-15(2)22(27)25-20-11-9-17(31-3)13-21(20)26(29)30/h4-13,15H,1-3H3,(H,25,27). The van der Waals surface area contributed by atoms with Gasteiger partial charge in [0.15, 0.2) is 6.10 Å². The summed E-state index contributed by atoms with van der Waals surface area (Å²) in [7, 11) is 1.38. The maximum absolute atomic E-state index is 12.6. The van der Waals surface area contributed by atoms with Crippen molar-refractivity contribution in [3.8, 4) is 17.0 Å². The molecule has 1 heterocycles. The third kappa shape index (κ3) is 5.07. The van der Waals surface area contributed by atoms with Crippen molar-refractivity contribution in [2.45, 2.75) is 20.0 Å². The van der Waals surface area contributed by atoms with Crippen LogP contribution in [0, 0.1) is 17.0 Å². The zero-order chi connectivity index (χ0) is 23.3. The van der Waals surface area contributed by atoms with E-state index in [1.54, 1.807) is 19.1 Å². The van der Waals surface area contributed by atoms with Crippen molar-refractivity contribution in [1.29, 1.82) is 0 Å². The molecule has 32 heavy (non-hydrogen) atoms. The molecule has 3 aromatic rings. The molecule has 1 aromatic heterocycles. The summed E-state index contributed by atoms with van der Waals surface area (Å²) in [6.45, 7) is 3.05. The maximum atomic E-state index is 12.6. The smallest absolute Gasteiger partial charge is 0.340 e. The fourth-order valence-electron chi connectivity index (χ4n) is 2.95. The molecule has 0 saturated carbocycles.